The first-order valence-corrected chi connectivity index (χ1v) is 7.00. The van der Waals surface area contributed by atoms with Gasteiger partial charge in [-0.2, -0.15) is 0 Å². The zero-order chi connectivity index (χ0) is 13.9. The molecule has 2 N–H and O–H groups in total. The third-order valence-corrected chi connectivity index (χ3v) is 3.72. The molecule has 1 amide bonds. The summed E-state index contributed by atoms with van der Waals surface area (Å²) < 4.78 is 0. The summed E-state index contributed by atoms with van der Waals surface area (Å²) in [7, 11) is 0. The lowest BCUT2D eigenvalue weighted by atomic mass is 10.1. The monoisotopic (exact) mass is 266 g/mol. The van der Waals surface area contributed by atoms with Crippen LogP contribution in [0.25, 0.3) is 0 Å². The van der Waals surface area contributed by atoms with Gasteiger partial charge in [-0.25, -0.2) is 0 Å². The van der Waals surface area contributed by atoms with Crippen molar-refractivity contribution >= 4 is 17.3 Å². The van der Waals surface area contributed by atoms with Gasteiger partial charge in [0.15, 0.2) is 0 Å². The molecule has 102 valence electrons. The molecule has 0 aliphatic carbocycles. The van der Waals surface area contributed by atoms with Crippen molar-refractivity contribution < 1.29 is 4.79 Å². The molecule has 0 radical (unpaired) electrons. The van der Waals surface area contributed by atoms with Gasteiger partial charge >= 0.3 is 0 Å². The van der Waals surface area contributed by atoms with Gasteiger partial charge in [-0.05, 0) is 35.7 Å². The van der Waals surface area contributed by atoms with Crippen molar-refractivity contribution in [2.45, 2.75) is 25.8 Å². The van der Waals surface area contributed by atoms with Crippen LogP contribution in [-0.2, 0) is 17.6 Å². The fraction of sp³-hybridized carbons (Fsp3) is 0.235. The highest BCUT2D eigenvalue weighted by molar-refractivity contribution is 5.98. The van der Waals surface area contributed by atoms with Crippen molar-refractivity contribution in [2.24, 2.45) is 0 Å². The van der Waals surface area contributed by atoms with Crippen LogP contribution in [0.2, 0.25) is 0 Å². The van der Waals surface area contributed by atoms with E-state index in [1.165, 1.54) is 11.1 Å². The Balaban J connectivity index is 1.66. The SMILES string of the molecule is CCc1ccc(NC(=O)[C@@H]2Cc3ccccc3N2)cc1. The first kappa shape index (κ1) is 12.7. The lowest BCUT2D eigenvalue weighted by Crippen LogP contribution is -2.32. The maximum Gasteiger partial charge on any atom is 0.247 e. The van der Waals surface area contributed by atoms with Crippen molar-refractivity contribution in [3.8, 4) is 0 Å². The van der Waals surface area contributed by atoms with Crippen LogP contribution in [0.4, 0.5) is 11.4 Å². The predicted molar refractivity (Wildman–Crippen MR) is 82.0 cm³/mol. The van der Waals surface area contributed by atoms with Gasteiger partial charge in [0, 0.05) is 17.8 Å². The Kier molecular flexibility index (Phi) is 3.42. The van der Waals surface area contributed by atoms with Crippen LogP contribution in [0.5, 0.6) is 0 Å². The highest BCUT2D eigenvalue weighted by atomic mass is 16.2. The molecule has 1 heterocycles. The fourth-order valence-electron chi connectivity index (χ4n) is 2.51. The number of amides is 1. The van der Waals surface area contributed by atoms with Gasteiger partial charge in [0.05, 0.1) is 0 Å². The number of hydrogen-bond donors (Lipinski definition) is 2. The van der Waals surface area contributed by atoms with Crippen LogP contribution >= 0.6 is 0 Å². The average Bonchev–Trinajstić information content (AvgIpc) is 2.92. The molecule has 2 aromatic rings. The summed E-state index contributed by atoms with van der Waals surface area (Å²) in [6.45, 7) is 2.12. The number of rotatable bonds is 3. The minimum absolute atomic E-state index is 0.0189. The van der Waals surface area contributed by atoms with Gasteiger partial charge in [-0.3, -0.25) is 4.79 Å². The van der Waals surface area contributed by atoms with E-state index in [4.69, 9.17) is 0 Å². The first-order chi connectivity index (χ1) is 9.76. The Hall–Kier alpha value is -2.29. The largest absolute Gasteiger partial charge is 0.373 e. The highest BCUT2D eigenvalue weighted by Crippen LogP contribution is 2.25. The third kappa shape index (κ3) is 2.52. The minimum Gasteiger partial charge on any atom is -0.373 e. The number of nitrogens with one attached hydrogen (secondary N) is 2. The Labute approximate surface area is 119 Å². The standard InChI is InChI=1S/C17H18N2O/c1-2-12-7-9-14(10-8-12)18-17(20)16-11-13-5-3-4-6-15(13)19-16/h3-10,16,19H,2,11H2,1H3,(H,18,20)/t16-/m0/s1. The van der Waals surface area contributed by atoms with Crippen molar-refractivity contribution in [2.75, 3.05) is 10.6 Å². The highest BCUT2D eigenvalue weighted by Gasteiger charge is 2.26. The summed E-state index contributed by atoms with van der Waals surface area (Å²) in [6, 6.07) is 15.9. The van der Waals surface area contributed by atoms with Crippen molar-refractivity contribution in [3.05, 3.63) is 59.7 Å². The predicted octanol–water partition coefficient (Wildman–Crippen LogP) is 3.22. The quantitative estimate of drug-likeness (QED) is 0.895. The lowest BCUT2D eigenvalue weighted by molar-refractivity contribution is -0.116. The molecule has 0 saturated heterocycles. The zero-order valence-corrected chi connectivity index (χ0v) is 11.5. The van der Waals surface area contributed by atoms with E-state index in [1.54, 1.807) is 0 Å². The number of fused-ring (bicyclic) bond motifs is 1. The number of anilines is 2. The van der Waals surface area contributed by atoms with Crippen molar-refractivity contribution in [3.63, 3.8) is 0 Å². The van der Waals surface area contributed by atoms with Crippen LogP contribution in [0.3, 0.4) is 0 Å². The van der Waals surface area contributed by atoms with E-state index in [9.17, 15) is 4.79 Å². The third-order valence-electron chi connectivity index (χ3n) is 3.72. The summed E-state index contributed by atoms with van der Waals surface area (Å²) in [4.78, 5) is 12.3. The van der Waals surface area contributed by atoms with Gasteiger partial charge in [0.1, 0.15) is 6.04 Å². The second-order valence-electron chi connectivity index (χ2n) is 5.10. The molecule has 3 nitrogen and oxygen atoms in total. The summed E-state index contributed by atoms with van der Waals surface area (Å²) >= 11 is 0. The van der Waals surface area contributed by atoms with Crippen LogP contribution in [0.1, 0.15) is 18.1 Å². The number of hydrogen-bond acceptors (Lipinski definition) is 2. The average molecular weight is 266 g/mol. The molecule has 1 aliphatic heterocycles. The topological polar surface area (TPSA) is 41.1 Å². The van der Waals surface area contributed by atoms with Gasteiger partial charge in [0.25, 0.3) is 0 Å². The molecule has 0 fully saturated rings. The Morgan fingerprint density at radius 2 is 1.95 bits per heavy atom. The van der Waals surface area contributed by atoms with Crippen LogP contribution in [0, 0.1) is 0 Å². The van der Waals surface area contributed by atoms with Crippen LogP contribution in [0.15, 0.2) is 48.5 Å². The van der Waals surface area contributed by atoms with E-state index >= 15 is 0 Å². The molecular weight excluding hydrogens is 248 g/mol. The van der Waals surface area contributed by atoms with Crippen molar-refractivity contribution in [1.82, 2.24) is 0 Å². The number of benzene rings is 2. The van der Waals surface area contributed by atoms with Gasteiger partial charge < -0.3 is 10.6 Å². The van der Waals surface area contributed by atoms with E-state index in [1.807, 2.05) is 42.5 Å². The number of carbonyl (C=O) groups is 1. The van der Waals surface area contributed by atoms with E-state index in [2.05, 4.69) is 23.6 Å². The van der Waals surface area contributed by atoms with Gasteiger partial charge in [0.2, 0.25) is 5.91 Å². The van der Waals surface area contributed by atoms with Gasteiger partial charge in [-0.1, -0.05) is 37.3 Å². The molecule has 0 saturated carbocycles. The van der Waals surface area contributed by atoms with E-state index in [-0.39, 0.29) is 11.9 Å². The van der Waals surface area contributed by atoms with E-state index in [0.717, 1.165) is 24.2 Å². The molecule has 0 bridgehead atoms. The maximum atomic E-state index is 12.3. The number of aryl methyl sites for hydroxylation is 1. The molecule has 20 heavy (non-hydrogen) atoms. The molecule has 2 aromatic carbocycles. The molecule has 0 spiro atoms. The Morgan fingerprint density at radius 1 is 1.20 bits per heavy atom. The zero-order valence-electron chi connectivity index (χ0n) is 11.5. The summed E-state index contributed by atoms with van der Waals surface area (Å²) in [5.41, 5.74) is 4.39. The van der Waals surface area contributed by atoms with Crippen LogP contribution in [-0.4, -0.2) is 11.9 Å². The van der Waals surface area contributed by atoms with Crippen LogP contribution < -0.4 is 10.6 Å². The molecule has 1 aliphatic rings. The maximum absolute atomic E-state index is 12.3. The van der Waals surface area contributed by atoms with E-state index < -0.39 is 0 Å². The van der Waals surface area contributed by atoms with Crippen molar-refractivity contribution in [1.29, 1.82) is 0 Å². The minimum atomic E-state index is -0.182. The molecule has 0 aromatic heterocycles. The summed E-state index contributed by atoms with van der Waals surface area (Å²) in [6.07, 6.45) is 1.75. The summed E-state index contributed by atoms with van der Waals surface area (Å²) in [5.74, 6) is 0.0189. The smallest absolute Gasteiger partial charge is 0.247 e. The Bertz CT molecular complexity index is 594. The molecule has 3 rings (SSSR count). The molecule has 0 unspecified atom stereocenters. The normalized spacial score (nSPS) is 16.4. The number of carbonyl (C=O) groups excluding carboxylic acids is 1. The number of para-hydroxylation sites is 1. The summed E-state index contributed by atoms with van der Waals surface area (Å²) in [5, 5.41) is 6.23. The van der Waals surface area contributed by atoms with Gasteiger partial charge in [-0.15, -0.1) is 0 Å². The fourth-order valence-corrected chi connectivity index (χ4v) is 2.51. The molecule has 3 heteroatoms. The molecular formula is C17H18N2O. The van der Waals surface area contributed by atoms with E-state index in [0.29, 0.717) is 0 Å². The second-order valence-corrected chi connectivity index (χ2v) is 5.10. The molecule has 1 atom stereocenters. The second kappa shape index (κ2) is 5.37. The Morgan fingerprint density at radius 3 is 2.65 bits per heavy atom. The lowest BCUT2D eigenvalue weighted by Gasteiger charge is -2.12. The first-order valence-electron chi connectivity index (χ1n) is 7.00.